The molecule has 0 unspecified atom stereocenters. The number of rotatable bonds is 1. The summed E-state index contributed by atoms with van der Waals surface area (Å²) in [5.41, 5.74) is 6.45. The lowest BCUT2D eigenvalue weighted by Crippen LogP contribution is -2.16. The van der Waals surface area contributed by atoms with Crippen molar-refractivity contribution in [1.82, 2.24) is 9.78 Å². The molecular formula is C12H9FN4O. The Balaban J connectivity index is 2.48. The Hall–Kier alpha value is -2.68. The van der Waals surface area contributed by atoms with Gasteiger partial charge < -0.3 is 5.73 Å². The number of carbonyl (C=O) groups is 1. The van der Waals surface area contributed by atoms with Gasteiger partial charge in [0.2, 0.25) is 0 Å². The smallest absolute Gasteiger partial charge is 0.280 e. The maximum absolute atomic E-state index is 13.2. The first kappa shape index (κ1) is 11.8. The molecule has 2 N–H and O–H groups in total. The van der Waals surface area contributed by atoms with Gasteiger partial charge in [-0.05, 0) is 30.7 Å². The molecule has 90 valence electrons. The third-order valence-corrected chi connectivity index (χ3v) is 2.41. The number of anilines is 1. The van der Waals surface area contributed by atoms with Gasteiger partial charge >= 0.3 is 0 Å². The van der Waals surface area contributed by atoms with Crippen LogP contribution >= 0.6 is 0 Å². The molecule has 0 aliphatic rings. The summed E-state index contributed by atoms with van der Waals surface area (Å²) in [4.78, 5) is 12.0. The minimum Gasteiger partial charge on any atom is -0.382 e. The summed E-state index contributed by atoms with van der Waals surface area (Å²) in [5.74, 6) is -1.13. The summed E-state index contributed by atoms with van der Waals surface area (Å²) in [5, 5.41) is 12.4. The maximum atomic E-state index is 13.2. The van der Waals surface area contributed by atoms with Crippen LogP contribution in [0.25, 0.3) is 0 Å². The van der Waals surface area contributed by atoms with Gasteiger partial charge in [-0.25, -0.2) is 4.39 Å². The molecule has 18 heavy (non-hydrogen) atoms. The molecule has 5 nitrogen and oxygen atoms in total. The molecule has 0 bridgehead atoms. The maximum Gasteiger partial charge on any atom is 0.280 e. The molecule has 0 amide bonds. The Morgan fingerprint density at radius 3 is 2.78 bits per heavy atom. The molecule has 0 radical (unpaired) electrons. The number of nitrogens with zero attached hydrogens (tertiary/aromatic N) is 3. The highest BCUT2D eigenvalue weighted by Gasteiger charge is 2.16. The lowest BCUT2D eigenvalue weighted by Gasteiger charge is -2.04. The van der Waals surface area contributed by atoms with Crippen LogP contribution in [0.5, 0.6) is 0 Å². The number of nitrogens with two attached hydrogens (primary N) is 1. The number of carbonyl (C=O) groups excluding carboxylic acids is 1. The second kappa shape index (κ2) is 4.30. The van der Waals surface area contributed by atoms with Crippen molar-refractivity contribution in [3.8, 4) is 6.07 Å². The Labute approximate surface area is 102 Å². The van der Waals surface area contributed by atoms with Gasteiger partial charge in [0, 0.05) is 5.56 Å². The van der Waals surface area contributed by atoms with Crippen molar-refractivity contribution in [2.24, 2.45) is 0 Å². The predicted molar refractivity (Wildman–Crippen MR) is 62.2 cm³/mol. The first-order chi connectivity index (χ1) is 8.52. The van der Waals surface area contributed by atoms with Crippen LogP contribution in [0.1, 0.15) is 21.5 Å². The van der Waals surface area contributed by atoms with E-state index < -0.39 is 11.7 Å². The number of benzene rings is 1. The van der Waals surface area contributed by atoms with Crippen LogP contribution in [0.15, 0.2) is 24.4 Å². The molecule has 0 fully saturated rings. The van der Waals surface area contributed by atoms with E-state index in [1.54, 1.807) is 6.92 Å². The van der Waals surface area contributed by atoms with E-state index in [-0.39, 0.29) is 16.9 Å². The zero-order valence-electron chi connectivity index (χ0n) is 9.51. The van der Waals surface area contributed by atoms with E-state index in [0.717, 1.165) is 10.7 Å². The quantitative estimate of drug-likeness (QED) is 0.823. The van der Waals surface area contributed by atoms with Crippen LogP contribution in [0, 0.1) is 24.1 Å². The molecule has 1 heterocycles. The van der Waals surface area contributed by atoms with Gasteiger partial charge in [-0.2, -0.15) is 15.0 Å². The lowest BCUT2D eigenvalue weighted by molar-refractivity contribution is 0.0947. The van der Waals surface area contributed by atoms with Crippen molar-refractivity contribution < 1.29 is 9.18 Å². The van der Waals surface area contributed by atoms with Crippen LogP contribution in [0.2, 0.25) is 0 Å². The van der Waals surface area contributed by atoms with Gasteiger partial charge in [0.25, 0.3) is 5.91 Å². The zero-order valence-corrected chi connectivity index (χ0v) is 9.51. The first-order valence-electron chi connectivity index (χ1n) is 5.08. The molecule has 0 aliphatic heterocycles. The fourth-order valence-corrected chi connectivity index (χ4v) is 1.59. The second-order valence-corrected chi connectivity index (χ2v) is 3.79. The monoisotopic (exact) mass is 244 g/mol. The van der Waals surface area contributed by atoms with Crippen molar-refractivity contribution in [1.29, 1.82) is 5.26 Å². The molecule has 0 spiro atoms. The average Bonchev–Trinajstić information content (AvgIpc) is 2.68. The number of aryl methyl sites for hydroxylation is 1. The van der Waals surface area contributed by atoms with Crippen molar-refractivity contribution >= 4 is 11.7 Å². The van der Waals surface area contributed by atoms with E-state index in [4.69, 9.17) is 11.0 Å². The minimum absolute atomic E-state index is 0.0515. The minimum atomic E-state index is -0.573. The number of hydrogen-bond donors (Lipinski definition) is 1. The summed E-state index contributed by atoms with van der Waals surface area (Å²) in [6, 6.07) is 5.75. The van der Waals surface area contributed by atoms with Gasteiger partial charge in [0.15, 0.2) is 0 Å². The molecular weight excluding hydrogens is 235 g/mol. The van der Waals surface area contributed by atoms with Gasteiger partial charge in [-0.1, -0.05) is 0 Å². The van der Waals surface area contributed by atoms with Crippen LogP contribution in [0.3, 0.4) is 0 Å². The van der Waals surface area contributed by atoms with Crippen molar-refractivity contribution in [3.63, 3.8) is 0 Å². The van der Waals surface area contributed by atoms with E-state index in [1.807, 2.05) is 6.07 Å². The molecule has 0 saturated carbocycles. The summed E-state index contributed by atoms with van der Waals surface area (Å²) in [6.45, 7) is 1.67. The molecule has 1 aromatic heterocycles. The van der Waals surface area contributed by atoms with E-state index in [1.165, 1.54) is 18.3 Å². The van der Waals surface area contributed by atoms with Crippen LogP contribution in [-0.4, -0.2) is 15.7 Å². The highest BCUT2D eigenvalue weighted by atomic mass is 19.1. The summed E-state index contributed by atoms with van der Waals surface area (Å²) in [6.07, 6.45) is 1.19. The van der Waals surface area contributed by atoms with Gasteiger partial charge in [0.1, 0.15) is 23.3 Å². The highest BCUT2D eigenvalue weighted by Crippen LogP contribution is 2.14. The number of aromatic nitrogens is 2. The first-order valence-corrected chi connectivity index (χ1v) is 5.08. The molecule has 2 rings (SSSR count). The van der Waals surface area contributed by atoms with Crippen LogP contribution in [0.4, 0.5) is 10.2 Å². The van der Waals surface area contributed by atoms with Crippen molar-refractivity contribution in [2.45, 2.75) is 6.92 Å². The predicted octanol–water partition coefficient (Wildman–Crippen LogP) is 1.47. The van der Waals surface area contributed by atoms with E-state index >= 15 is 0 Å². The largest absolute Gasteiger partial charge is 0.382 e. The summed E-state index contributed by atoms with van der Waals surface area (Å²) in [7, 11) is 0. The van der Waals surface area contributed by atoms with Gasteiger partial charge in [0.05, 0.1) is 6.20 Å². The fraction of sp³-hybridized carbons (Fsp3) is 0.0833. The van der Waals surface area contributed by atoms with Gasteiger partial charge in [-0.15, -0.1) is 0 Å². The Kier molecular flexibility index (Phi) is 2.81. The topological polar surface area (TPSA) is 84.7 Å². The Morgan fingerprint density at radius 2 is 2.22 bits per heavy atom. The molecule has 0 atom stereocenters. The number of halogens is 1. The SMILES string of the molecule is Cc1cc(F)cc(C(=O)n2ncc(C#N)c2N)c1. The number of hydrogen-bond acceptors (Lipinski definition) is 4. The third-order valence-electron chi connectivity index (χ3n) is 2.41. The zero-order chi connectivity index (χ0) is 13.3. The number of nitriles is 1. The molecule has 1 aromatic carbocycles. The highest BCUT2D eigenvalue weighted by molar-refractivity contribution is 5.97. The molecule has 6 heteroatoms. The normalized spacial score (nSPS) is 10.1. The summed E-state index contributed by atoms with van der Waals surface area (Å²) < 4.78 is 14.1. The average molecular weight is 244 g/mol. The fourth-order valence-electron chi connectivity index (χ4n) is 1.59. The van der Waals surface area contributed by atoms with Crippen molar-refractivity contribution in [2.75, 3.05) is 5.73 Å². The van der Waals surface area contributed by atoms with Crippen molar-refractivity contribution in [3.05, 3.63) is 46.9 Å². The van der Waals surface area contributed by atoms with Gasteiger partial charge in [-0.3, -0.25) is 4.79 Å². The van der Waals surface area contributed by atoms with E-state index in [0.29, 0.717) is 5.56 Å². The Bertz CT molecular complexity index is 649. The standard InChI is InChI=1S/C12H9FN4O/c1-7-2-8(4-10(13)3-7)12(18)17-11(15)9(5-14)6-16-17/h2-4,6H,15H2,1H3. The molecule has 0 aliphatic carbocycles. The third kappa shape index (κ3) is 1.94. The molecule has 0 saturated heterocycles. The van der Waals surface area contributed by atoms with E-state index in [9.17, 15) is 9.18 Å². The number of nitrogen functional groups attached to an aromatic ring is 1. The molecule has 2 aromatic rings. The second-order valence-electron chi connectivity index (χ2n) is 3.79. The van der Waals surface area contributed by atoms with E-state index in [2.05, 4.69) is 5.10 Å². The van der Waals surface area contributed by atoms with Crippen LogP contribution in [-0.2, 0) is 0 Å². The lowest BCUT2D eigenvalue weighted by atomic mass is 10.1. The summed E-state index contributed by atoms with van der Waals surface area (Å²) >= 11 is 0. The van der Waals surface area contributed by atoms with Crippen LogP contribution < -0.4 is 5.73 Å². The Morgan fingerprint density at radius 1 is 1.50 bits per heavy atom.